The molecule has 4 aliphatic heterocycles. The lowest BCUT2D eigenvalue weighted by Gasteiger charge is -2.36. The molecule has 1 unspecified atom stereocenters. The molecule has 4 aliphatic rings. The summed E-state index contributed by atoms with van der Waals surface area (Å²) in [4.78, 5) is 78.8. The SMILES string of the molecule is COc1cc(CCN2CCC(N3Cc4cc(NC(=O)C(=CN)c5ncccn5)c(OC(C)C)cc4C3=O)CC2)cc2c1C(=O)N(C1CCC(=O)NC1=O)C2. The van der Waals surface area contributed by atoms with Gasteiger partial charge in [-0.15, -0.1) is 0 Å². The van der Waals surface area contributed by atoms with E-state index in [4.69, 9.17) is 15.2 Å². The minimum Gasteiger partial charge on any atom is -0.496 e. The molecule has 2 fully saturated rings. The van der Waals surface area contributed by atoms with Crippen molar-refractivity contribution >= 4 is 40.8 Å². The Balaban J connectivity index is 0.976. The summed E-state index contributed by atoms with van der Waals surface area (Å²) in [6.45, 7) is 6.89. The topological polar surface area (TPSA) is 189 Å². The third-order valence-corrected chi connectivity index (χ3v) is 10.4. The number of carbonyl (C=O) groups excluding carboxylic acids is 5. The smallest absolute Gasteiger partial charge is 0.261 e. The quantitative estimate of drug-likeness (QED) is 0.194. The van der Waals surface area contributed by atoms with E-state index in [2.05, 4.69) is 25.5 Å². The molecule has 0 bridgehead atoms. The lowest BCUT2D eigenvalue weighted by atomic mass is 10.0. The number of nitrogens with two attached hydrogens (primary N) is 1. The maximum absolute atomic E-state index is 13.8. The van der Waals surface area contributed by atoms with Gasteiger partial charge in [0.2, 0.25) is 11.8 Å². The van der Waals surface area contributed by atoms with Crippen LogP contribution in [0.1, 0.15) is 82.8 Å². The van der Waals surface area contributed by atoms with E-state index in [1.165, 1.54) is 30.6 Å². The summed E-state index contributed by atoms with van der Waals surface area (Å²) in [5.41, 5.74) is 10.0. The monoisotopic (exact) mass is 736 g/mol. The molecule has 0 saturated carbocycles. The molecule has 2 saturated heterocycles. The summed E-state index contributed by atoms with van der Waals surface area (Å²) in [7, 11) is 1.54. The molecule has 1 aromatic heterocycles. The number of hydrogen-bond acceptors (Lipinski definition) is 11. The summed E-state index contributed by atoms with van der Waals surface area (Å²) in [6, 6.07) is 8.46. The van der Waals surface area contributed by atoms with Crippen LogP contribution in [0.25, 0.3) is 5.57 Å². The molecule has 54 heavy (non-hydrogen) atoms. The molecule has 15 heteroatoms. The molecule has 0 spiro atoms. The summed E-state index contributed by atoms with van der Waals surface area (Å²) >= 11 is 0. The maximum Gasteiger partial charge on any atom is 0.261 e. The Labute approximate surface area is 312 Å². The van der Waals surface area contributed by atoms with Crippen LogP contribution in [0.5, 0.6) is 11.5 Å². The molecule has 1 atom stereocenters. The zero-order valence-electron chi connectivity index (χ0n) is 30.6. The molecule has 3 aromatic rings. The first-order valence-corrected chi connectivity index (χ1v) is 18.3. The number of rotatable bonds is 11. The van der Waals surface area contributed by atoms with Crippen molar-refractivity contribution in [3.05, 3.63) is 82.6 Å². The van der Waals surface area contributed by atoms with Gasteiger partial charge in [-0.25, -0.2) is 9.97 Å². The van der Waals surface area contributed by atoms with E-state index in [0.717, 1.165) is 55.6 Å². The molecular weight excluding hydrogens is 692 g/mol. The minimum atomic E-state index is -0.687. The van der Waals surface area contributed by atoms with E-state index in [1.54, 1.807) is 18.2 Å². The molecule has 2 aromatic carbocycles. The molecule has 0 aliphatic carbocycles. The summed E-state index contributed by atoms with van der Waals surface area (Å²) in [5, 5.41) is 5.25. The number of anilines is 1. The van der Waals surface area contributed by atoms with E-state index in [-0.39, 0.29) is 54.2 Å². The molecule has 15 nitrogen and oxygen atoms in total. The fourth-order valence-corrected chi connectivity index (χ4v) is 7.77. The zero-order valence-corrected chi connectivity index (χ0v) is 30.6. The van der Waals surface area contributed by atoms with Crippen LogP contribution in [0.2, 0.25) is 0 Å². The third kappa shape index (κ3) is 7.23. The number of imide groups is 1. The van der Waals surface area contributed by atoms with Gasteiger partial charge < -0.3 is 35.2 Å². The third-order valence-electron chi connectivity index (χ3n) is 10.4. The van der Waals surface area contributed by atoms with Crippen LogP contribution in [0.15, 0.2) is 48.9 Å². The molecular formula is C39H44N8O7. The summed E-state index contributed by atoms with van der Waals surface area (Å²) in [5.74, 6) is -0.499. The first kappa shape index (κ1) is 36.5. The second kappa shape index (κ2) is 15.3. The van der Waals surface area contributed by atoms with Gasteiger partial charge in [-0.2, -0.15) is 0 Å². The Morgan fingerprint density at radius 2 is 1.72 bits per heavy atom. The first-order chi connectivity index (χ1) is 26.0. The Morgan fingerprint density at radius 1 is 0.981 bits per heavy atom. The number of methoxy groups -OCH3 is 1. The van der Waals surface area contributed by atoms with Crippen LogP contribution >= 0.6 is 0 Å². The van der Waals surface area contributed by atoms with E-state index in [0.29, 0.717) is 41.3 Å². The van der Waals surface area contributed by atoms with E-state index >= 15 is 0 Å². The van der Waals surface area contributed by atoms with Gasteiger partial charge in [0.25, 0.3) is 17.7 Å². The number of hydrogen-bond donors (Lipinski definition) is 3. The predicted molar refractivity (Wildman–Crippen MR) is 197 cm³/mol. The fraction of sp³-hybridized carbons (Fsp3) is 0.410. The Kier molecular flexibility index (Phi) is 10.3. The van der Waals surface area contributed by atoms with Crippen LogP contribution < -0.4 is 25.8 Å². The Morgan fingerprint density at radius 3 is 2.41 bits per heavy atom. The highest BCUT2D eigenvalue weighted by Crippen LogP contribution is 2.38. The van der Waals surface area contributed by atoms with E-state index in [1.807, 2.05) is 30.9 Å². The summed E-state index contributed by atoms with van der Waals surface area (Å²) in [6.07, 6.45) is 6.88. The summed E-state index contributed by atoms with van der Waals surface area (Å²) < 4.78 is 11.7. The van der Waals surface area contributed by atoms with Gasteiger partial charge in [-0.3, -0.25) is 29.3 Å². The number of nitrogens with zero attached hydrogens (tertiary/aromatic N) is 5. The molecule has 282 valence electrons. The number of carbonyl (C=O) groups is 5. The fourth-order valence-electron chi connectivity index (χ4n) is 7.77. The molecule has 5 heterocycles. The largest absolute Gasteiger partial charge is 0.496 e. The molecule has 4 N–H and O–H groups in total. The lowest BCUT2D eigenvalue weighted by molar-refractivity contribution is -0.137. The second-order valence-corrected chi connectivity index (χ2v) is 14.3. The van der Waals surface area contributed by atoms with Gasteiger partial charge in [0.05, 0.1) is 30.0 Å². The van der Waals surface area contributed by atoms with Crippen molar-refractivity contribution in [1.82, 2.24) is 30.0 Å². The van der Waals surface area contributed by atoms with E-state index < -0.39 is 17.9 Å². The van der Waals surface area contributed by atoms with Crippen molar-refractivity contribution < 1.29 is 33.4 Å². The second-order valence-electron chi connectivity index (χ2n) is 14.3. The van der Waals surface area contributed by atoms with Crippen LogP contribution in [0.4, 0.5) is 5.69 Å². The van der Waals surface area contributed by atoms with Gasteiger partial charge in [-0.05, 0) is 80.5 Å². The minimum absolute atomic E-state index is 0.0544. The molecule has 0 radical (unpaired) electrons. The number of likely N-dealkylation sites (tertiary alicyclic amines) is 1. The lowest BCUT2D eigenvalue weighted by Crippen LogP contribution is -2.52. The first-order valence-electron chi connectivity index (χ1n) is 18.3. The number of aromatic nitrogens is 2. The average molecular weight is 737 g/mol. The van der Waals surface area contributed by atoms with E-state index in [9.17, 15) is 24.0 Å². The number of benzene rings is 2. The van der Waals surface area contributed by atoms with Crippen molar-refractivity contribution in [1.29, 1.82) is 0 Å². The van der Waals surface area contributed by atoms with Gasteiger partial charge in [0.1, 0.15) is 17.5 Å². The zero-order chi connectivity index (χ0) is 38.1. The average Bonchev–Trinajstić information content (AvgIpc) is 3.66. The van der Waals surface area contributed by atoms with Gasteiger partial charge in [0, 0.05) is 69.3 Å². The highest BCUT2D eigenvalue weighted by molar-refractivity contribution is 6.24. The number of nitrogens with one attached hydrogen (secondary N) is 2. The molecule has 7 rings (SSSR count). The van der Waals surface area contributed by atoms with Crippen LogP contribution in [0, 0.1) is 0 Å². The van der Waals surface area contributed by atoms with Crippen molar-refractivity contribution in [3.8, 4) is 11.5 Å². The predicted octanol–water partition coefficient (Wildman–Crippen LogP) is 2.63. The Bertz CT molecular complexity index is 2030. The van der Waals surface area contributed by atoms with Crippen LogP contribution in [-0.4, -0.2) is 99.1 Å². The molecule has 5 amide bonds. The van der Waals surface area contributed by atoms with Gasteiger partial charge in [0.15, 0.2) is 5.82 Å². The van der Waals surface area contributed by atoms with Gasteiger partial charge in [-0.1, -0.05) is 6.07 Å². The van der Waals surface area contributed by atoms with Crippen molar-refractivity contribution in [3.63, 3.8) is 0 Å². The number of amides is 5. The van der Waals surface area contributed by atoms with Crippen molar-refractivity contribution in [2.45, 2.75) is 77.2 Å². The normalized spacial score (nSPS) is 19.3. The maximum atomic E-state index is 13.8. The van der Waals surface area contributed by atoms with Crippen molar-refractivity contribution in [2.75, 3.05) is 32.1 Å². The van der Waals surface area contributed by atoms with Crippen LogP contribution in [0.3, 0.4) is 0 Å². The highest BCUT2D eigenvalue weighted by atomic mass is 16.5. The highest BCUT2D eigenvalue weighted by Gasteiger charge is 2.41. The van der Waals surface area contributed by atoms with Crippen LogP contribution in [-0.2, 0) is 33.9 Å². The standard InChI is InChI=1S/C39H44N8O7/c1-22(2)54-31-18-27-24(17-29(31)43-36(49)28(19-40)35-41-10-4-11-42-35)20-46(38(27)51)26-8-13-45(14-9-26)12-7-23-15-25-21-47(30-5-6-33(48)44-37(30)50)39(52)34(25)32(16-23)53-3/h4,10-11,15-19,22,26,30H,5-9,12-14,20-21,40H2,1-3H3,(H,43,49)(H,44,48,50). The van der Waals surface area contributed by atoms with Crippen molar-refractivity contribution in [2.24, 2.45) is 5.73 Å². The Hall–Kier alpha value is -5.83. The number of fused-ring (bicyclic) bond motifs is 2. The number of ether oxygens (including phenoxy) is 2. The van der Waals surface area contributed by atoms with Gasteiger partial charge >= 0.3 is 0 Å². The number of piperidine rings is 2.